The molecule has 2 aromatic heterocycles. The van der Waals surface area contributed by atoms with E-state index < -0.39 is 5.97 Å². The molecule has 0 saturated heterocycles. The van der Waals surface area contributed by atoms with E-state index in [9.17, 15) is 4.79 Å². The summed E-state index contributed by atoms with van der Waals surface area (Å²) in [4.78, 5) is 14.3. The quantitative estimate of drug-likeness (QED) is 0.696. The third-order valence-corrected chi connectivity index (χ3v) is 2.99. The molecule has 2 N–H and O–H groups in total. The van der Waals surface area contributed by atoms with Gasteiger partial charge in [-0.2, -0.15) is 5.10 Å². The van der Waals surface area contributed by atoms with Crippen LogP contribution < -0.4 is 0 Å². The fraction of sp³-hybridized carbons (Fsp3) is 0.0909. The van der Waals surface area contributed by atoms with Crippen molar-refractivity contribution in [3.8, 4) is 0 Å². The lowest BCUT2D eigenvalue weighted by atomic mass is 10.2. The molecule has 5 nitrogen and oxygen atoms in total. The first-order valence-corrected chi connectivity index (χ1v) is 5.33. The number of aromatic nitrogens is 3. The molecule has 0 bridgehead atoms. The van der Waals surface area contributed by atoms with Gasteiger partial charge in [0.2, 0.25) is 0 Å². The number of carboxylic acid groups (broad SMARTS) is 1. The smallest absolute Gasteiger partial charge is 0.357 e. The number of carboxylic acids is 1. The number of H-pyrrole nitrogens is 1. The van der Waals surface area contributed by atoms with Crippen molar-refractivity contribution in [3.05, 3.63) is 28.9 Å². The van der Waals surface area contributed by atoms with E-state index in [0.717, 1.165) is 10.9 Å². The van der Waals surface area contributed by atoms with Gasteiger partial charge in [-0.05, 0) is 18.2 Å². The van der Waals surface area contributed by atoms with Gasteiger partial charge in [0.05, 0.1) is 5.39 Å². The summed E-state index contributed by atoms with van der Waals surface area (Å²) < 4.78 is 1.52. The Bertz CT molecular complexity index is 757. The van der Waals surface area contributed by atoms with Gasteiger partial charge in [0.1, 0.15) is 5.65 Å². The SMILES string of the molecule is Cn1nc(C(=O)O)c2c3cc(Cl)ccc3[nH]c21. The van der Waals surface area contributed by atoms with Crippen LogP contribution in [0.25, 0.3) is 21.9 Å². The predicted octanol–water partition coefficient (Wildman–Crippen LogP) is 2.41. The van der Waals surface area contributed by atoms with Crippen LogP contribution >= 0.6 is 11.6 Å². The number of nitrogens with one attached hydrogen (secondary N) is 1. The van der Waals surface area contributed by atoms with Crippen molar-refractivity contribution >= 4 is 39.5 Å². The molecular formula is C11H8ClN3O2. The monoisotopic (exact) mass is 249 g/mol. The van der Waals surface area contributed by atoms with Gasteiger partial charge in [-0.25, -0.2) is 4.79 Å². The fourth-order valence-electron chi connectivity index (χ4n) is 2.03. The molecule has 0 aliphatic heterocycles. The minimum absolute atomic E-state index is 0.0380. The number of halogens is 1. The van der Waals surface area contributed by atoms with E-state index in [1.807, 2.05) is 6.07 Å². The molecule has 6 heteroatoms. The third kappa shape index (κ3) is 1.32. The standard InChI is InChI=1S/C11H8ClN3O2/c1-15-10-8(9(14-15)11(16)17)6-4-5(12)2-3-7(6)13-10/h2-4,13H,1H3,(H,16,17). The lowest BCUT2D eigenvalue weighted by molar-refractivity contribution is 0.0691. The molecule has 0 saturated carbocycles. The molecule has 0 aliphatic rings. The maximum atomic E-state index is 11.1. The van der Waals surface area contributed by atoms with Gasteiger partial charge in [-0.15, -0.1) is 0 Å². The van der Waals surface area contributed by atoms with Crippen LogP contribution in [-0.2, 0) is 7.05 Å². The number of hydrogen-bond acceptors (Lipinski definition) is 2. The molecule has 3 aromatic rings. The van der Waals surface area contributed by atoms with Crippen molar-refractivity contribution < 1.29 is 9.90 Å². The highest BCUT2D eigenvalue weighted by atomic mass is 35.5. The number of aryl methyl sites for hydroxylation is 1. The zero-order chi connectivity index (χ0) is 12.2. The fourth-order valence-corrected chi connectivity index (χ4v) is 2.20. The number of aromatic carboxylic acids is 1. The molecule has 0 spiro atoms. The maximum Gasteiger partial charge on any atom is 0.357 e. The highest BCUT2D eigenvalue weighted by molar-refractivity contribution is 6.32. The average Bonchev–Trinajstić information content (AvgIpc) is 2.77. The van der Waals surface area contributed by atoms with E-state index in [2.05, 4.69) is 10.1 Å². The molecule has 86 valence electrons. The van der Waals surface area contributed by atoms with Crippen LogP contribution in [0.5, 0.6) is 0 Å². The lowest BCUT2D eigenvalue weighted by Gasteiger charge is -1.93. The first-order chi connectivity index (χ1) is 8.08. The molecule has 0 radical (unpaired) electrons. The Morgan fingerprint density at radius 1 is 1.53 bits per heavy atom. The van der Waals surface area contributed by atoms with Gasteiger partial charge in [0.25, 0.3) is 0 Å². The van der Waals surface area contributed by atoms with E-state index in [4.69, 9.17) is 16.7 Å². The zero-order valence-electron chi connectivity index (χ0n) is 8.86. The molecular weight excluding hydrogens is 242 g/mol. The van der Waals surface area contributed by atoms with E-state index in [0.29, 0.717) is 16.1 Å². The number of fused-ring (bicyclic) bond motifs is 3. The van der Waals surface area contributed by atoms with Crippen molar-refractivity contribution in [1.29, 1.82) is 0 Å². The Labute approximate surface area is 101 Å². The third-order valence-electron chi connectivity index (χ3n) is 2.75. The van der Waals surface area contributed by atoms with Crippen LogP contribution in [0.4, 0.5) is 0 Å². The Balaban J connectivity index is 2.56. The van der Waals surface area contributed by atoms with Crippen molar-refractivity contribution in [2.45, 2.75) is 0 Å². The number of rotatable bonds is 1. The van der Waals surface area contributed by atoms with E-state index >= 15 is 0 Å². The Kier molecular flexibility index (Phi) is 1.94. The predicted molar refractivity (Wildman–Crippen MR) is 64.5 cm³/mol. The molecule has 2 heterocycles. The van der Waals surface area contributed by atoms with Crippen LogP contribution in [0.1, 0.15) is 10.5 Å². The summed E-state index contributed by atoms with van der Waals surface area (Å²) in [5, 5.41) is 15.0. The van der Waals surface area contributed by atoms with Gasteiger partial charge in [-0.3, -0.25) is 4.68 Å². The topological polar surface area (TPSA) is 70.9 Å². The Morgan fingerprint density at radius 3 is 3.00 bits per heavy atom. The van der Waals surface area contributed by atoms with Crippen LogP contribution in [0.2, 0.25) is 5.02 Å². The Morgan fingerprint density at radius 2 is 2.29 bits per heavy atom. The van der Waals surface area contributed by atoms with E-state index in [1.54, 1.807) is 19.2 Å². The Hall–Kier alpha value is -2.01. The van der Waals surface area contributed by atoms with Gasteiger partial charge in [0.15, 0.2) is 5.69 Å². The summed E-state index contributed by atoms with van der Waals surface area (Å²) in [6, 6.07) is 5.32. The van der Waals surface area contributed by atoms with Gasteiger partial charge >= 0.3 is 5.97 Å². The maximum absolute atomic E-state index is 11.1. The minimum atomic E-state index is -1.04. The number of aromatic amines is 1. The molecule has 17 heavy (non-hydrogen) atoms. The van der Waals surface area contributed by atoms with Crippen molar-refractivity contribution in [2.75, 3.05) is 0 Å². The van der Waals surface area contributed by atoms with Crippen LogP contribution in [0.15, 0.2) is 18.2 Å². The van der Waals surface area contributed by atoms with Gasteiger partial charge in [-0.1, -0.05) is 11.6 Å². The first-order valence-electron chi connectivity index (χ1n) is 4.95. The van der Waals surface area contributed by atoms with Crippen molar-refractivity contribution in [2.24, 2.45) is 7.05 Å². The minimum Gasteiger partial charge on any atom is -0.476 e. The zero-order valence-corrected chi connectivity index (χ0v) is 9.62. The molecule has 0 amide bonds. The summed E-state index contributed by atoms with van der Waals surface area (Å²) in [5.41, 5.74) is 1.57. The molecule has 0 atom stereocenters. The second-order valence-corrected chi connectivity index (χ2v) is 4.25. The van der Waals surface area contributed by atoms with Crippen LogP contribution in [0, 0.1) is 0 Å². The average molecular weight is 250 g/mol. The first kappa shape index (κ1) is 10.2. The molecule has 1 aromatic carbocycles. The number of carbonyl (C=O) groups is 1. The highest BCUT2D eigenvalue weighted by Gasteiger charge is 2.19. The number of benzene rings is 1. The molecule has 0 fully saturated rings. The van der Waals surface area contributed by atoms with E-state index in [-0.39, 0.29) is 5.69 Å². The highest BCUT2D eigenvalue weighted by Crippen LogP contribution is 2.29. The van der Waals surface area contributed by atoms with Gasteiger partial charge < -0.3 is 10.1 Å². The number of hydrogen-bond donors (Lipinski definition) is 2. The second kappa shape index (κ2) is 3.24. The summed E-state index contributed by atoms with van der Waals surface area (Å²) >= 11 is 5.93. The summed E-state index contributed by atoms with van der Waals surface area (Å²) in [6.45, 7) is 0. The molecule has 3 rings (SSSR count). The van der Waals surface area contributed by atoms with Crippen LogP contribution in [0.3, 0.4) is 0 Å². The number of nitrogens with zero attached hydrogens (tertiary/aromatic N) is 2. The van der Waals surface area contributed by atoms with Crippen LogP contribution in [-0.4, -0.2) is 25.8 Å². The van der Waals surface area contributed by atoms with Crippen molar-refractivity contribution in [3.63, 3.8) is 0 Å². The molecule has 0 unspecified atom stereocenters. The molecule has 0 aliphatic carbocycles. The largest absolute Gasteiger partial charge is 0.476 e. The summed E-state index contributed by atoms with van der Waals surface area (Å²) in [5.74, 6) is -1.04. The summed E-state index contributed by atoms with van der Waals surface area (Å²) in [7, 11) is 1.70. The summed E-state index contributed by atoms with van der Waals surface area (Å²) in [6.07, 6.45) is 0. The normalized spacial score (nSPS) is 11.4. The lowest BCUT2D eigenvalue weighted by Crippen LogP contribution is -1.99. The van der Waals surface area contributed by atoms with Crippen molar-refractivity contribution in [1.82, 2.24) is 14.8 Å². The van der Waals surface area contributed by atoms with Gasteiger partial charge in [0, 0.05) is 23.0 Å². The second-order valence-electron chi connectivity index (χ2n) is 3.82. The van der Waals surface area contributed by atoms with E-state index in [1.165, 1.54) is 4.68 Å².